The standard InChI is InChI=1S/C18H25N3O4/c1-20(2)9-10-21(12-17(23)24)16(22)8-7-14-11-13-5-3-4-6-15(13)19-18(14)25/h3-6,14H,7-12H2,1-2H3,(H,19,25)(H,23,24)/t14-/m0/s1. The van der Waals surface area contributed by atoms with Crippen LogP contribution in [0.2, 0.25) is 0 Å². The summed E-state index contributed by atoms with van der Waals surface area (Å²) in [6.45, 7) is 0.639. The second kappa shape index (κ2) is 8.62. The number of carboxylic acid groups (broad SMARTS) is 1. The maximum absolute atomic E-state index is 12.4. The van der Waals surface area contributed by atoms with E-state index in [0.29, 0.717) is 25.9 Å². The minimum absolute atomic E-state index is 0.0791. The van der Waals surface area contributed by atoms with Crippen molar-refractivity contribution in [1.82, 2.24) is 9.80 Å². The smallest absolute Gasteiger partial charge is 0.323 e. The van der Waals surface area contributed by atoms with Crippen LogP contribution in [0.25, 0.3) is 0 Å². The maximum Gasteiger partial charge on any atom is 0.323 e. The number of likely N-dealkylation sites (N-methyl/N-ethyl adjacent to an activating group) is 1. The number of carbonyl (C=O) groups is 3. The molecule has 1 heterocycles. The van der Waals surface area contributed by atoms with Crippen molar-refractivity contribution in [2.45, 2.75) is 19.3 Å². The highest BCUT2D eigenvalue weighted by molar-refractivity contribution is 5.96. The van der Waals surface area contributed by atoms with E-state index in [2.05, 4.69) is 5.32 Å². The van der Waals surface area contributed by atoms with Crippen molar-refractivity contribution in [1.29, 1.82) is 0 Å². The van der Waals surface area contributed by atoms with Gasteiger partial charge in [0.25, 0.3) is 0 Å². The van der Waals surface area contributed by atoms with Gasteiger partial charge in [0.15, 0.2) is 0 Å². The quantitative estimate of drug-likeness (QED) is 0.734. The van der Waals surface area contributed by atoms with Gasteiger partial charge >= 0.3 is 5.97 Å². The zero-order valence-electron chi connectivity index (χ0n) is 14.7. The van der Waals surface area contributed by atoms with Gasteiger partial charge in [0.1, 0.15) is 6.54 Å². The van der Waals surface area contributed by atoms with Gasteiger partial charge in [0, 0.05) is 31.1 Å². The number of hydrogen-bond donors (Lipinski definition) is 2. The first-order valence-electron chi connectivity index (χ1n) is 8.40. The van der Waals surface area contributed by atoms with Gasteiger partial charge in [-0.15, -0.1) is 0 Å². The molecule has 25 heavy (non-hydrogen) atoms. The van der Waals surface area contributed by atoms with Gasteiger partial charge in [-0.1, -0.05) is 18.2 Å². The van der Waals surface area contributed by atoms with Gasteiger partial charge in [-0.3, -0.25) is 14.4 Å². The van der Waals surface area contributed by atoms with E-state index in [9.17, 15) is 14.4 Å². The second-order valence-electron chi connectivity index (χ2n) is 6.60. The summed E-state index contributed by atoms with van der Waals surface area (Å²) in [5.41, 5.74) is 1.89. The summed E-state index contributed by atoms with van der Waals surface area (Å²) in [6, 6.07) is 7.63. The first-order chi connectivity index (χ1) is 11.9. The summed E-state index contributed by atoms with van der Waals surface area (Å²) in [6.07, 6.45) is 1.18. The SMILES string of the molecule is CN(C)CCN(CC(=O)O)C(=O)CC[C@H]1Cc2ccccc2NC1=O. The van der Waals surface area contributed by atoms with Crippen LogP contribution in [0.4, 0.5) is 5.69 Å². The molecular weight excluding hydrogens is 322 g/mol. The lowest BCUT2D eigenvalue weighted by atomic mass is 9.89. The van der Waals surface area contributed by atoms with Crippen molar-refractivity contribution in [2.24, 2.45) is 5.92 Å². The van der Waals surface area contributed by atoms with Gasteiger partial charge in [-0.25, -0.2) is 0 Å². The van der Waals surface area contributed by atoms with E-state index in [0.717, 1.165) is 11.3 Å². The van der Waals surface area contributed by atoms with E-state index >= 15 is 0 Å². The molecule has 0 bridgehead atoms. The summed E-state index contributed by atoms with van der Waals surface area (Å²) in [5.74, 6) is -1.60. The van der Waals surface area contributed by atoms with Crippen molar-refractivity contribution in [3.05, 3.63) is 29.8 Å². The first-order valence-corrected chi connectivity index (χ1v) is 8.40. The molecule has 2 rings (SSSR count). The highest BCUT2D eigenvalue weighted by Crippen LogP contribution is 2.27. The van der Waals surface area contributed by atoms with Crippen LogP contribution < -0.4 is 5.32 Å². The number of carbonyl (C=O) groups excluding carboxylic acids is 2. The minimum Gasteiger partial charge on any atom is -0.480 e. The Morgan fingerprint density at radius 3 is 2.64 bits per heavy atom. The van der Waals surface area contributed by atoms with Gasteiger partial charge in [0.2, 0.25) is 11.8 Å². The number of nitrogens with zero attached hydrogens (tertiary/aromatic N) is 2. The van der Waals surface area contributed by atoms with E-state index in [1.54, 1.807) is 0 Å². The lowest BCUT2D eigenvalue weighted by Crippen LogP contribution is -2.40. The zero-order chi connectivity index (χ0) is 18.4. The average Bonchev–Trinajstić information content (AvgIpc) is 2.55. The van der Waals surface area contributed by atoms with Crippen molar-refractivity contribution < 1.29 is 19.5 Å². The third-order valence-corrected chi connectivity index (χ3v) is 4.31. The fourth-order valence-corrected chi connectivity index (χ4v) is 2.88. The van der Waals surface area contributed by atoms with Gasteiger partial charge in [-0.05, 0) is 38.6 Å². The van der Waals surface area contributed by atoms with Crippen LogP contribution in [-0.4, -0.2) is 66.4 Å². The van der Waals surface area contributed by atoms with Crippen LogP contribution in [0.1, 0.15) is 18.4 Å². The van der Waals surface area contributed by atoms with Crippen molar-refractivity contribution in [2.75, 3.05) is 39.0 Å². The lowest BCUT2D eigenvalue weighted by Gasteiger charge is -2.26. The molecule has 0 saturated heterocycles. The normalized spacial score (nSPS) is 16.3. The zero-order valence-corrected chi connectivity index (χ0v) is 14.7. The lowest BCUT2D eigenvalue weighted by molar-refractivity contribution is -0.144. The maximum atomic E-state index is 12.4. The molecule has 2 N–H and O–H groups in total. The molecule has 1 aliphatic heterocycles. The minimum atomic E-state index is -1.03. The van der Waals surface area contributed by atoms with E-state index in [1.807, 2.05) is 43.3 Å². The number of carboxylic acids is 1. The van der Waals surface area contributed by atoms with Crippen molar-refractivity contribution >= 4 is 23.5 Å². The molecule has 0 saturated carbocycles. The van der Waals surface area contributed by atoms with Crippen LogP contribution in [-0.2, 0) is 20.8 Å². The summed E-state index contributed by atoms with van der Waals surface area (Å²) >= 11 is 0. The number of rotatable bonds is 8. The van der Waals surface area contributed by atoms with Crippen LogP contribution in [0.15, 0.2) is 24.3 Å². The molecule has 0 radical (unpaired) electrons. The molecule has 2 amide bonds. The fraction of sp³-hybridized carbons (Fsp3) is 0.500. The van der Waals surface area contributed by atoms with Gasteiger partial charge in [0.05, 0.1) is 0 Å². The third-order valence-electron chi connectivity index (χ3n) is 4.31. The number of amides is 2. The summed E-state index contributed by atoms with van der Waals surface area (Å²) in [4.78, 5) is 38.8. The van der Waals surface area contributed by atoms with Crippen LogP contribution in [0.5, 0.6) is 0 Å². The molecule has 1 aromatic rings. The number of benzene rings is 1. The summed E-state index contributed by atoms with van der Waals surface area (Å²) < 4.78 is 0. The fourth-order valence-electron chi connectivity index (χ4n) is 2.88. The molecule has 136 valence electrons. The molecular formula is C18H25N3O4. The van der Waals surface area contributed by atoms with Crippen LogP contribution >= 0.6 is 0 Å². The summed E-state index contributed by atoms with van der Waals surface area (Å²) in [5, 5.41) is 11.9. The van der Waals surface area contributed by atoms with E-state index in [-0.39, 0.29) is 30.7 Å². The molecule has 0 aromatic heterocycles. The predicted molar refractivity (Wildman–Crippen MR) is 94.3 cm³/mol. The highest BCUT2D eigenvalue weighted by Gasteiger charge is 2.27. The van der Waals surface area contributed by atoms with E-state index < -0.39 is 5.97 Å². The average molecular weight is 347 g/mol. The topological polar surface area (TPSA) is 89.9 Å². The van der Waals surface area contributed by atoms with E-state index in [4.69, 9.17) is 5.11 Å². The predicted octanol–water partition coefficient (Wildman–Crippen LogP) is 1.05. The number of anilines is 1. The summed E-state index contributed by atoms with van der Waals surface area (Å²) in [7, 11) is 3.74. The Bertz CT molecular complexity index is 645. The Hall–Kier alpha value is -2.41. The molecule has 0 aliphatic carbocycles. The number of aliphatic carboxylic acids is 1. The molecule has 1 aromatic carbocycles. The molecule has 0 spiro atoms. The third kappa shape index (κ3) is 5.56. The highest BCUT2D eigenvalue weighted by atomic mass is 16.4. The van der Waals surface area contributed by atoms with Crippen molar-refractivity contribution in [3.63, 3.8) is 0 Å². The van der Waals surface area contributed by atoms with Crippen LogP contribution in [0.3, 0.4) is 0 Å². The van der Waals surface area contributed by atoms with Gasteiger partial charge in [-0.2, -0.15) is 0 Å². The Kier molecular flexibility index (Phi) is 6.52. The van der Waals surface area contributed by atoms with Crippen molar-refractivity contribution in [3.8, 4) is 0 Å². The Balaban J connectivity index is 1.92. The second-order valence-corrected chi connectivity index (χ2v) is 6.60. The Morgan fingerprint density at radius 2 is 1.96 bits per heavy atom. The largest absolute Gasteiger partial charge is 0.480 e. The first kappa shape index (κ1) is 18.9. The molecule has 1 atom stereocenters. The van der Waals surface area contributed by atoms with E-state index in [1.165, 1.54) is 4.90 Å². The van der Waals surface area contributed by atoms with Gasteiger partial charge < -0.3 is 20.2 Å². The molecule has 7 nitrogen and oxygen atoms in total. The number of nitrogens with one attached hydrogen (secondary N) is 1. The monoisotopic (exact) mass is 347 g/mol. The molecule has 0 unspecified atom stereocenters. The molecule has 7 heteroatoms. The Morgan fingerprint density at radius 1 is 1.24 bits per heavy atom. The number of hydrogen-bond acceptors (Lipinski definition) is 4. The molecule has 0 fully saturated rings. The van der Waals surface area contributed by atoms with Crippen LogP contribution in [0, 0.1) is 5.92 Å². The number of para-hydroxylation sites is 1. The number of fused-ring (bicyclic) bond motifs is 1. The molecule has 1 aliphatic rings. The Labute approximate surface area is 147 Å².